The van der Waals surface area contributed by atoms with E-state index in [-0.39, 0.29) is 17.9 Å². The largest absolute Gasteiger partial charge is 0.493 e. The zero-order valence-corrected chi connectivity index (χ0v) is 19.7. The maximum Gasteiger partial charge on any atom is 0.254 e. The van der Waals surface area contributed by atoms with Crippen molar-refractivity contribution in [2.45, 2.75) is 44.1 Å². The van der Waals surface area contributed by atoms with E-state index in [2.05, 4.69) is 11.4 Å². The smallest absolute Gasteiger partial charge is 0.254 e. The van der Waals surface area contributed by atoms with Crippen LogP contribution in [-0.4, -0.2) is 44.5 Å². The fourth-order valence-corrected chi connectivity index (χ4v) is 5.64. The van der Waals surface area contributed by atoms with Crippen molar-refractivity contribution >= 4 is 23.2 Å². The number of rotatable bonds is 7. The molecule has 0 fully saturated rings. The minimum absolute atomic E-state index is 0.0763. The Bertz CT molecular complexity index is 1020. The Morgan fingerprint density at radius 2 is 2.00 bits per heavy atom. The number of ether oxygens (including phenoxy) is 2. The highest BCUT2D eigenvalue weighted by molar-refractivity contribution is 7.10. The lowest BCUT2D eigenvalue weighted by Crippen LogP contribution is -2.45. The fraction of sp³-hybridized carbons (Fsp3) is 0.440. The molecule has 1 aromatic heterocycles. The van der Waals surface area contributed by atoms with Gasteiger partial charge in [-0.05, 0) is 61.2 Å². The Morgan fingerprint density at radius 3 is 2.66 bits per heavy atom. The van der Waals surface area contributed by atoms with Crippen molar-refractivity contribution in [3.05, 3.63) is 57.3 Å². The lowest BCUT2D eigenvalue weighted by molar-refractivity contribution is -0.124. The fourth-order valence-electron chi connectivity index (χ4n) is 4.73. The third kappa shape index (κ3) is 4.26. The molecular formula is C25H30N2O4S. The molecule has 32 heavy (non-hydrogen) atoms. The summed E-state index contributed by atoms with van der Waals surface area (Å²) in [6, 6.07) is 7.03. The second-order valence-electron chi connectivity index (χ2n) is 8.30. The molecule has 0 spiro atoms. The third-order valence-electron chi connectivity index (χ3n) is 6.42. The molecule has 2 atom stereocenters. The van der Waals surface area contributed by atoms with Crippen molar-refractivity contribution in [2.75, 3.05) is 27.8 Å². The molecule has 0 saturated carbocycles. The first-order valence-corrected chi connectivity index (χ1v) is 11.9. The predicted molar refractivity (Wildman–Crippen MR) is 126 cm³/mol. The van der Waals surface area contributed by atoms with Crippen LogP contribution in [0.2, 0.25) is 0 Å². The molecule has 4 rings (SSSR count). The second kappa shape index (κ2) is 9.77. The van der Waals surface area contributed by atoms with Gasteiger partial charge in [0.05, 0.1) is 26.2 Å². The summed E-state index contributed by atoms with van der Waals surface area (Å²) in [4.78, 5) is 29.5. The summed E-state index contributed by atoms with van der Waals surface area (Å²) in [7, 11) is 4.87. The Labute approximate surface area is 193 Å². The summed E-state index contributed by atoms with van der Waals surface area (Å²) in [5.74, 6) is 0.250. The molecule has 0 unspecified atom stereocenters. The highest BCUT2D eigenvalue weighted by Gasteiger charge is 2.44. The van der Waals surface area contributed by atoms with E-state index in [0.29, 0.717) is 29.2 Å². The Morgan fingerprint density at radius 1 is 1.22 bits per heavy atom. The number of allylic oxidation sites excluding steroid dienone is 1. The number of thiophene rings is 1. The van der Waals surface area contributed by atoms with Crippen molar-refractivity contribution in [3.8, 4) is 11.5 Å². The van der Waals surface area contributed by atoms with E-state index in [1.54, 1.807) is 49.6 Å². The number of hydrogen-bond donors (Lipinski definition) is 1. The minimum atomic E-state index is -0.536. The van der Waals surface area contributed by atoms with Crippen LogP contribution in [-0.2, 0) is 4.79 Å². The third-order valence-corrected chi connectivity index (χ3v) is 7.37. The normalized spacial score (nSPS) is 20.4. The average molecular weight is 455 g/mol. The van der Waals surface area contributed by atoms with Gasteiger partial charge < -0.3 is 19.7 Å². The maximum atomic E-state index is 13.6. The van der Waals surface area contributed by atoms with Crippen LogP contribution >= 0.6 is 11.3 Å². The number of fused-ring (bicyclic) bond motifs is 1. The molecule has 1 N–H and O–H groups in total. The lowest BCUT2D eigenvalue weighted by atomic mass is 9.81. The van der Waals surface area contributed by atoms with Gasteiger partial charge in [-0.2, -0.15) is 0 Å². The molecule has 1 aromatic carbocycles. The lowest BCUT2D eigenvalue weighted by Gasteiger charge is -2.39. The molecule has 2 aliphatic rings. The van der Waals surface area contributed by atoms with E-state index in [0.717, 1.165) is 24.1 Å². The summed E-state index contributed by atoms with van der Waals surface area (Å²) in [6.45, 7) is 0.596. The van der Waals surface area contributed by atoms with Gasteiger partial charge in [0.1, 0.15) is 0 Å². The molecular weight excluding hydrogens is 424 g/mol. The van der Waals surface area contributed by atoms with Crippen LogP contribution in [0.25, 0.3) is 0 Å². The van der Waals surface area contributed by atoms with Gasteiger partial charge in [0, 0.05) is 24.0 Å². The van der Waals surface area contributed by atoms with Gasteiger partial charge in [-0.1, -0.05) is 17.7 Å². The van der Waals surface area contributed by atoms with Crippen molar-refractivity contribution in [3.63, 3.8) is 0 Å². The number of nitrogens with one attached hydrogen (secondary N) is 1. The van der Waals surface area contributed by atoms with E-state index >= 15 is 0 Å². The summed E-state index contributed by atoms with van der Waals surface area (Å²) >= 11 is 1.56. The van der Waals surface area contributed by atoms with Crippen LogP contribution in [0.3, 0.4) is 0 Å². The summed E-state index contributed by atoms with van der Waals surface area (Å²) in [5.41, 5.74) is 2.58. The second-order valence-corrected chi connectivity index (χ2v) is 9.28. The summed E-state index contributed by atoms with van der Waals surface area (Å²) < 4.78 is 10.9. The van der Waals surface area contributed by atoms with E-state index in [1.807, 2.05) is 17.5 Å². The number of methoxy groups -OCH3 is 2. The minimum Gasteiger partial charge on any atom is -0.493 e. The van der Waals surface area contributed by atoms with Crippen LogP contribution in [0.1, 0.15) is 64.9 Å². The van der Waals surface area contributed by atoms with E-state index in [1.165, 1.54) is 18.4 Å². The first kappa shape index (κ1) is 22.4. The van der Waals surface area contributed by atoms with Gasteiger partial charge in [-0.15, -0.1) is 11.3 Å². The number of amides is 2. The first-order valence-electron chi connectivity index (χ1n) is 11.1. The van der Waals surface area contributed by atoms with Gasteiger partial charge in [0.15, 0.2) is 11.5 Å². The summed E-state index contributed by atoms with van der Waals surface area (Å²) in [6.07, 6.45) is 7.91. The Balaban J connectivity index is 1.69. The van der Waals surface area contributed by atoms with Crippen LogP contribution in [0.4, 0.5) is 0 Å². The van der Waals surface area contributed by atoms with E-state index in [4.69, 9.17) is 9.47 Å². The monoisotopic (exact) mass is 454 g/mol. The maximum absolute atomic E-state index is 13.6. The molecule has 1 aliphatic carbocycles. The zero-order chi connectivity index (χ0) is 22.7. The topological polar surface area (TPSA) is 67.9 Å². The van der Waals surface area contributed by atoms with Gasteiger partial charge in [-0.3, -0.25) is 9.59 Å². The average Bonchev–Trinajstić information content (AvgIpc) is 3.35. The highest BCUT2D eigenvalue weighted by Crippen LogP contribution is 2.46. The number of likely N-dealkylation sites (N-methyl/N-ethyl adjacent to an activating group) is 1. The molecule has 2 amide bonds. The molecule has 0 radical (unpaired) electrons. The number of carbonyl (C=O) groups is 2. The van der Waals surface area contributed by atoms with Crippen LogP contribution < -0.4 is 14.8 Å². The first-order chi connectivity index (χ1) is 15.5. The van der Waals surface area contributed by atoms with Gasteiger partial charge in [0.2, 0.25) is 5.91 Å². The van der Waals surface area contributed by atoms with E-state index < -0.39 is 5.92 Å². The Hall–Kier alpha value is -2.80. The Kier molecular flexibility index (Phi) is 6.84. The molecule has 2 heterocycles. The van der Waals surface area contributed by atoms with Gasteiger partial charge >= 0.3 is 0 Å². The SMILES string of the molecule is COc1cc2c(cc1OC)[C@@H](C(=O)NCCC1=CCCCC1)[C@H](c1cccs1)N(C)C2=O. The number of nitrogens with zero attached hydrogens (tertiary/aromatic N) is 1. The van der Waals surface area contributed by atoms with Crippen LogP contribution in [0.5, 0.6) is 11.5 Å². The molecule has 7 heteroatoms. The molecule has 2 aromatic rings. The number of hydrogen-bond acceptors (Lipinski definition) is 5. The number of carbonyl (C=O) groups excluding carboxylic acids is 2. The van der Waals surface area contributed by atoms with Crippen LogP contribution in [0.15, 0.2) is 41.3 Å². The predicted octanol–water partition coefficient (Wildman–Crippen LogP) is 4.68. The van der Waals surface area contributed by atoms with Crippen molar-refractivity contribution < 1.29 is 19.1 Å². The quantitative estimate of drug-likeness (QED) is 0.617. The summed E-state index contributed by atoms with van der Waals surface area (Å²) in [5, 5.41) is 5.12. The van der Waals surface area contributed by atoms with Crippen molar-refractivity contribution in [1.82, 2.24) is 10.2 Å². The molecule has 1 aliphatic heterocycles. The molecule has 0 saturated heterocycles. The van der Waals surface area contributed by atoms with Crippen molar-refractivity contribution in [2.24, 2.45) is 0 Å². The molecule has 0 bridgehead atoms. The standard InChI is InChI=1S/C25H30N2O4S/c1-27-23(21-10-7-13-32-21)22(24(28)26-12-11-16-8-5-4-6-9-16)17-14-19(30-2)20(31-3)15-18(17)25(27)29/h7-8,10,13-15,22-23H,4-6,9,11-12H2,1-3H3,(H,26,28)/t22-,23+/m1/s1. The van der Waals surface area contributed by atoms with Gasteiger partial charge in [0.25, 0.3) is 5.91 Å². The van der Waals surface area contributed by atoms with Gasteiger partial charge in [-0.25, -0.2) is 0 Å². The zero-order valence-electron chi connectivity index (χ0n) is 18.8. The van der Waals surface area contributed by atoms with E-state index in [9.17, 15) is 9.59 Å². The molecule has 170 valence electrons. The molecule has 6 nitrogen and oxygen atoms in total. The number of benzene rings is 1. The van der Waals surface area contributed by atoms with Crippen molar-refractivity contribution in [1.29, 1.82) is 0 Å². The highest BCUT2D eigenvalue weighted by atomic mass is 32.1. The van der Waals surface area contributed by atoms with Crippen LogP contribution in [0, 0.1) is 0 Å².